The Morgan fingerprint density at radius 1 is 1.00 bits per heavy atom. The monoisotopic (exact) mass is 288 g/mol. The largest absolute Gasteiger partial charge is 0.393 e. The Bertz CT molecular complexity index is 212. The minimum absolute atomic E-state index is 0.613. The van der Waals surface area contributed by atoms with Crippen LogP contribution in [-0.2, 0) is 4.74 Å². The van der Waals surface area contributed by atoms with Crippen molar-refractivity contribution in [2.45, 2.75) is 58.3 Å². The molecule has 0 aromatic heterocycles. The Balaban J connectivity index is 3.57. The highest BCUT2D eigenvalue weighted by atomic mass is 32.1. The predicted octanol–water partition coefficient (Wildman–Crippen LogP) is 3.36. The Morgan fingerprint density at radius 3 is 2.21 bits per heavy atom. The van der Waals surface area contributed by atoms with Crippen LogP contribution >= 0.6 is 12.2 Å². The highest BCUT2D eigenvalue weighted by molar-refractivity contribution is 7.80. The lowest BCUT2D eigenvalue weighted by atomic mass is 10.1. The number of thiocarbonyl (C=S) groups is 1. The maximum Gasteiger partial charge on any atom is 0.0740 e. The Kier molecular flexibility index (Phi) is 14.1. The van der Waals surface area contributed by atoms with Crippen LogP contribution in [0.3, 0.4) is 0 Å². The van der Waals surface area contributed by atoms with Crippen molar-refractivity contribution in [3.05, 3.63) is 0 Å². The molecule has 0 aromatic carbocycles. The van der Waals surface area contributed by atoms with Gasteiger partial charge in [0.2, 0.25) is 0 Å². The molecule has 0 aliphatic carbocycles. The van der Waals surface area contributed by atoms with Crippen LogP contribution in [0.4, 0.5) is 0 Å². The number of hydrogen-bond acceptors (Lipinski definition) is 3. The summed E-state index contributed by atoms with van der Waals surface area (Å²) in [6.07, 6.45) is 10.3. The van der Waals surface area contributed by atoms with Gasteiger partial charge >= 0.3 is 0 Å². The second-order valence-corrected chi connectivity index (χ2v) is 5.70. The molecule has 114 valence electrons. The van der Waals surface area contributed by atoms with Crippen LogP contribution in [0.15, 0.2) is 0 Å². The van der Waals surface area contributed by atoms with E-state index in [9.17, 15) is 0 Å². The normalized spacial score (nSPS) is 11.1. The SMILES string of the molecule is CCCCCCCCCN(CCOC)CCC(N)=S. The molecule has 0 radical (unpaired) electrons. The lowest BCUT2D eigenvalue weighted by Crippen LogP contribution is -2.31. The predicted molar refractivity (Wildman–Crippen MR) is 87.7 cm³/mol. The zero-order chi connectivity index (χ0) is 14.3. The topological polar surface area (TPSA) is 38.5 Å². The quantitative estimate of drug-likeness (QED) is 0.393. The third-order valence-corrected chi connectivity index (χ3v) is 3.57. The molecule has 0 fully saturated rings. The van der Waals surface area contributed by atoms with E-state index in [-0.39, 0.29) is 0 Å². The van der Waals surface area contributed by atoms with Gasteiger partial charge in [-0.1, -0.05) is 57.7 Å². The number of unbranched alkanes of at least 4 members (excludes halogenated alkanes) is 6. The molecule has 0 saturated heterocycles. The third kappa shape index (κ3) is 14.0. The number of ether oxygens (including phenoxy) is 1. The summed E-state index contributed by atoms with van der Waals surface area (Å²) in [5.41, 5.74) is 5.57. The van der Waals surface area contributed by atoms with E-state index in [1.54, 1.807) is 7.11 Å². The van der Waals surface area contributed by atoms with Crippen LogP contribution in [0.25, 0.3) is 0 Å². The average Bonchev–Trinajstić information content (AvgIpc) is 2.39. The van der Waals surface area contributed by atoms with E-state index in [1.807, 2.05) is 0 Å². The van der Waals surface area contributed by atoms with Gasteiger partial charge in [-0.05, 0) is 13.0 Å². The molecule has 0 bridgehead atoms. The second-order valence-electron chi connectivity index (χ2n) is 5.17. The van der Waals surface area contributed by atoms with E-state index in [2.05, 4.69) is 11.8 Å². The summed E-state index contributed by atoms with van der Waals surface area (Å²) in [7, 11) is 1.75. The molecule has 0 atom stereocenters. The van der Waals surface area contributed by atoms with E-state index in [0.29, 0.717) is 4.99 Å². The zero-order valence-corrected chi connectivity index (χ0v) is 13.6. The van der Waals surface area contributed by atoms with Crippen molar-refractivity contribution < 1.29 is 4.74 Å². The lowest BCUT2D eigenvalue weighted by Gasteiger charge is -2.21. The van der Waals surface area contributed by atoms with Crippen LogP contribution < -0.4 is 5.73 Å². The summed E-state index contributed by atoms with van der Waals surface area (Å²) >= 11 is 4.94. The molecule has 19 heavy (non-hydrogen) atoms. The van der Waals surface area contributed by atoms with E-state index in [4.69, 9.17) is 22.7 Å². The first kappa shape index (κ1) is 18.8. The van der Waals surface area contributed by atoms with Crippen molar-refractivity contribution in [1.29, 1.82) is 0 Å². The van der Waals surface area contributed by atoms with E-state index in [0.717, 1.165) is 32.7 Å². The molecule has 0 rings (SSSR count). The highest BCUT2D eigenvalue weighted by Gasteiger charge is 2.05. The summed E-state index contributed by atoms with van der Waals surface area (Å²) < 4.78 is 5.15. The molecule has 0 aliphatic rings. The molecule has 4 heteroatoms. The summed E-state index contributed by atoms with van der Waals surface area (Å²) in [5.74, 6) is 0. The first-order chi connectivity index (χ1) is 9.20. The van der Waals surface area contributed by atoms with Gasteiger partial charge in [0.25, 0.3) is 0 Å². The van der Waals surface area contributed by atoms with Gasteiger partial charge < -0.3 is 15.4 Å². The number of hydrogen-bond donors (Lipinski definition) is 1. The van der Waals surface area contributed by atoms with Crippen LogP contribution in [-0.4, -0.2) is 43.2 Å². The van der Waals surface area contributed by atoms with Gasteiger partial charge in [0, 0.05) is 26.6 Å². The van der Waals surface area contributed by atoms with Crippen molar-refractivity contribution in [2.75, 3.05) is 33.4 Å². The molecule has 0 aliphatic heterocycles. The summed E-state index contributed by atoms with van der Waals surface area (Å²) in [4.78, 5) is 3.02. The molecule has 0 spiro atoms. The van der Waals surface area contributed by atoms with Gasteiger partial charge in [0.1, 0.15) is 0 Å². The van der Waals surface area contributed by atoms with E-state index < -0.39 is 0 Å². The Labute approximate surface area is 124 Å². The van der Waals surface area contributed by atoms with Crippen molar-refractivity contribution in [3.8, 4) is 0 Å². The van der Waals surface area contributed by atoms with Crippen molar-refractivity contribution in [3.63, 3.8) is 0 Å². The Morgan fingerprint density at radius 2 is 1.63 bits per heavy atom. The van der Waals surface area contributed by atoms with Crippen molar-refractivity contribution >= 4 is 17.2 Å². The maximum atomic E-state index is 5.57. The molecular weight excluding hydrogens is 256 g/mol. The minimum Gasteiger partial charge on any atom is -0.393 e. The number of rotatable bonds is 14. The van der Waals surface area contributed by atoms with E-state index >= 15 is 0 Å². The zero-order valence-electron chi connectivity index (χ0n) is 12.8. The van der Waals surface area contributed by atoms with Crippen LogP contribution in [0.2, 0.25) is 0 Å². The third-order valence-electron chi connectivity index (χ3n) is 3.36. The molecule has 0 unspecified atom stereocenters. The highest BCUT2D eigenvalue weighted by Crippen LogP contribution is 2.07. The van der Waals surface area contributed by atoms with Gasteiger partial charge in [-0.15, -0.1) is 0 Å². The summed E-state index contributed by atoms with van der Waals surface area (Å²) in [5, 5.41) is 0. The number of nitrogens with zero attached hydrogens (tertiary/aromatic N) is 1. The maximum absolute atomic E-state index is 5.57. The smallest absolute Gasteiger partial charge is 0.0740 e. The van der Waals surface area contributed by atoms with E-state index in [1.165, 1.54) is 44.9 Å². The molecular formula is C15H32N2OS. The lowest BCUT2D eigenvalue weighted by molar-refractivity contribution is 0.148. The molecule has 0 heterocycles. The average molecular weight is 289 g/mol. The van der Waals surface area contributed by atoms with Crippen molar-refractivity contribution in [2.24, 2.45) is 5.73 Å². The minimum atomic E-state index is 0.613. The first-order valence-electron chi connectivity index (χ1n) is 7.70. The summed E-state index contributed by atoms with van der Waals surface area (Å²) in [6, 6.07) is 0. The van der Waals surface area contributed by atoms with Crippen LogP contribution in [0.1, 0.15) is 58.3 Å². The van der Waals surface area contributed by atoms with Gasteiger partial charge in [-0.3, -0.25) is 0 Å². The van der Waals surface area contributed by atoms with Gasteiger partial charge in [-0.2, -0.15) is 0 Å². The molecule has 0 aromatic rings. The standard InChI is InChI=1S/C15H32N2OS/c1-3-4-5-6-7-8-9-11-17(13-14-18-2)12-10-15(16)19/h3-14H2,1-2H3,(H2,16,19). The Hall–Kier alpha value is -0.190. The summed E-state index contributed by atoms with van der Waals surface area (Å²) in [6.45, 7) is 6.13. The van der Waals surface area contributed by atoms with Crippen molar-refractivity contribution in [1.82, 2.24) is 4.90 Å². The first-order valence-corrected chi connectivity index (χ1v) is 8.11. The number of methoxy groups -OCH3 is 1. The fourth-order valence-corrected chi connectivity index (χ4v) is 2.21. The molecule has 0 amide bonds. The number of nitrogens with two attached hydrogens (primary N) is 1. The van der Waals surface area contributed by atoms with Crippen LogP contribution in [0.5, 0.6) is 0 Å². The second kappa shape index (κ2) is 14.2. The fraction of sp³-hybridized carbons (Fsp3) is 0.933. The fourth-order valence-electron chi connectivity index (χ4n) is 2.12. The molecule has 0 saturated carbocycles. The molecule has 3 nitrogen and oxygen atoms in total. The van der Waals surface area contributed by atoms with Gasteiger partial charge in [0.05, 0.1) is 11.6 Å². The van der Waals surface area contributed by atoms with Crippen LogP contribution in [0, 0.1) is 0 Å². The van der Waals surface area contributed by atoms with Gasteiger partial charge in [0.15, 0.2) is 0 Å². The van der Waals surface area contributed by atoms with Gasteiger partial charge in [-0.25, -0.2) is 0 Å². The molecule has 2 N–H and O–H groups in total.